The van der Waals surface area contributed by atoms with Gasteiger partial charge >= 0.3 is 0 Å². The molecule has 0 saturated carbocycles. The van der Waals surface area contributed by atoms with Gasteiger partial charge in [-0.15, -0.1) is 0 Å². The van der Waals surface area contributed by atoms with E-state index in [0.717, 1.165) is 59.7 Å². The largest absolute Gasteiger partial charge is 0.493 e. The number of hydrogen-bond acceptors (Lipinski definition) is 5. The number of aromatic nitrogens is 3. The molecule has 4 aromatic rings. The van der Waals surface area contributed by atoms with Crippen molar-refractivity contribution in [3.63, 3.8) is 0 Å². The number of nitrogens with zero attached hydrogens (tertiary/aromatic N) is 3. The van der Waals surface area contributed by atoms with Crippen LogP contribution in [-0.2, 0) is 13.0 Å². The molecule has 1 amide bonds. The fraction of sp³-hybridized carbons (Fsp3) is 0.276. The van der Waals surface area contributed by atoms with E-state index in [-0.39, 0.29) is 5.91 Å². The van der Waals surface area contributed by atoms with Gasteiger partial charge in [0, 0.05) is 37.5 Å². The van der Waals surface area contributed by atoms with Crippen molar-refractivity contribution in [1.29, 1.82) is 0 Å². The second kappa shape index (κ2) is 12.5. The molecular weight excluding hydrogens is 452 g/mol. The van der Waals surface area contributed by atoms with Gasteiger partial charge in [-0.05, 0) is 61.7 Å². The van der Waals surface area contributed by atoms with Crippen LogP contribution in [0.4, 0.5) is 0 Å². The molecule has 0 unspecified atom stereocenters. The van der Waals surface area contributed by atoms with Crippen LogP contribution in [-0.4, -0.2) is 40.7 Å². The van der Waals surface area contributed by atoms with E-state index in [1.165, 1.54) is 0 Å². The van der Waals surface area contributed by atoms with E-state index in [4.69, 9.17) is 14.5 Å². The summed E-state index contributed by atoms with van der Waals surface area (Å²) in [6.45, 7) is 3.92. The monoisotopic (exact) mass is 484 g/mol. The first kappa shape index (κ1) is 25.0. The number of aryl methyl sites for hydroxylation is 2. The quantitative estimate of drug-likeness (QED) is 0.276. The van der Waals surface area contributed by atoms with Gasteiger partial charge in [-0.1, -0.05) is 30.4 Å². The number of ether oxygens (including phenoxy) is 2. The highest BCUT2D eigenvalue weighted by Gasteiger charge is 2.11. The summed E-state index contributed by atoms with van der Waals surface area (Å²) in [5, 5.41) is 2.98. The van der Waals surface area contributed by atoms with Crippen LogP contribution in [0.15, 0.2) is 73.1 Å². The van der Waals surface area contributed by atoms with Crippen LogP contribution in [0.2, 0.25) is 0 Å². The van der Waals surface area contributed by atoms with E-state index >= 15 is 0 Å². The van der Waals surface area contributed by atoms with Gasteiger partial charge in [-0.2, -0.15) is 0 Å². The third-order valence-electron chi connectivity index (χ3n) is 5.87. The van der Waals surface area contributed by atoms with Crippen LogP contribution in [0.5, 0.6) is 11.5 Å². The smallest absolute Gasteiger partial charge is 0.251 e. The Bertz CT molecular complexity index is 1310. The average Bonchev–Trinajstić information content (AvgIpc) is 3.27. The van der Waals surface area contributed by atoms with E-state index in [0.29, 0.717) is 18.7 Å². The summed E-state index contributed by atoms with van der Waals surface area (Å²) in [5.74, 6) is 2.40. The molecule has 2 aromatic carbocycles. The summed E-state index contributed by atoms with van der Waals surface area (Å²) in [4.78, 5) is 21.1. The number of carbonyl (C=O) groups excluding carboxylic acids is 1. The predicted molar refractivity (Wildman–Crippen MR) is 142 cm³/mol. The number of para-hydroxylation sites is 2. The molecule has 0 aliphatic rings. The van der Waals surface area contributed by atoms with E-state index in [2.05, 4.69) is 20.9 Å². The van der Waals surface area contributed by atoms with Crippen molar-refractivity contribution in [1.82, 2.24) is 19.9 Å². The van der Waals surface area contributed by atoms with Crippen molar-refractivity contribution in [3.05, 3.63) is 90.0 Å². The maximum Gasteiger partial charge on any atom is 0.251 e. The fourth-order valence-electron chi connectivity index (χ4n) is 4.12. The highest BCUT2D eigenvalue weighted by atomic mass is 16.5. The van der Waals surface area contributed by atoms with E-state index in [1.807, 2.05) is 55.5 Å². The summed E-state index contributed by atoms with van der Waals surface area (Å²) in [6, 6.07) is 17.5. The van der Waals surface area contributed by atoms with Crippen molar-refractivity contribution >= 4 is 23.0 Å². The van der Waals surface area contributed by atoms with Gasteiger partial charge < -0.3 is 19.4 Å². The third kappa shape index (κ3) is 6.30. The Labute approximate surface area is 211 Å². The molecular formula is C29H32N4O3. The maximum absolute atomic E-state index is 12.3. The molecule has 1 N–H and O–H groups in total. The van der Waals surface area contributed by atoms with E-state index < -0.39 is 0 Å². The number of methoxy groups -OCH3 is 1. The van der Waals surface area contributed by atoms with Crippen LogP contribution in [0, 0.1) is 0 Å². The van der Waals surface area contributed by atoms with Crippen LogP contribution in [0.25, 0.3) is 17.1 Å². The Morgan fingerprint density at radius 3 is 2.69 bits per heavy atom. The van der Waals surface area contributed by atoms with Crippen LogP contribution >= 0.6 is 0 Å². The molecule has 7 heteroatoms. The van der Waals surface area contributed by atoms with Crippen LogP contribution in [0.1, 0.15) is 41.5 Å². The van der Waals surface area contributed by atoms with E-state index in [9.17, 15) is 4.79 Å². The number of pyridine rings is 1. The van der Waals surface area contributed by atoms with Gasteiger partial charge in [0.15, 0.2) is 11.5 Å². The Balaban J connectivity index is 1.34. The van der Waals surface area contributed by atoms with E-state index in [1.54, 1.807) is 31.6 Å². The Morgan fingerprint density at radius 1 is 1.06 bits per heavy atom. The molecule has 4 rings (SSSR count). The number of allylic oxidation sites excluding steroid dienone is 1. The molecule has 0 aliphatic heterocycles. The second-order valence-corrected chi connectivity index (χ2v) is 8.38. The highest BCUT2D eigenvalue weighted by molar-refractivity contribution is 5.93. The van der Waals surface area contributed by atoms with Crippen molar-refractivity contribution in [2.45, 2.75) is 32.7 Å². The van der Waals surface area contributed by atoms with Crippen molar-refractivity contribution in [2.75, 3.05) is 20.3 Å². The van der Waals surface area contributed by atoms with Crippen LogP contribution in [0.3, 0.4) is 0 Å². The SMILES string of the molecule is C/C=C/c1ccc(OCCCn2c(CCCNC(=O)c3ccncc3)nc3ccccc32)c(OC)c1. The highest BCUT2D eigenvalue weighted by Crippen LogP contribution is 2.29. The summed E-state index contributed by atoms with van der Waals surface area (Å²) in [7, 11) is 1.66. The number of imidazole rings is 1. The first-order valence-corrected chi connectivity index (χ1v) is 12.3. The lowest BCUT2D eigenvalue weighted by Crippen LogP contribution is -2.25. The summed E-state index contributed by atoms with van der Waals surface area (Å²) in [6.07, 6.45) is 9.66. The average molecular weight is 485 g/mol. The topological polar surface area (TPSA) is 78.3 Å². The molecule has 0 spiro atoms. The lowest BCUT2D eigenvalue weighted by Gasteiger charge is -2.13. The molecule has 0 bridgehead atoms. The van der Waals surface area contributed by atoms with Gasteiger partial charge in [0.1, 0.15) is 5.82 Å². The number of amides is 1. The minimum absolute atomic E-state index is 0.0859. The fourth-order valence-corrected chi connectivity index (χ4v) is 4.12. The van der Waals surface area contributed by atoms with Gasteiger partial charge in [0.05, 0.1) is 24.8 Å². The Hall–Kier alpha value is -4.13. The summed E-state index contributed by atoms with van der Waals surface area (Å²) in [5.41, 5.74) is 3.79. The number of nitrogens with one attached hydrogen (secondary N) is 1. The summed E-state index contributed by atoms with van der Waals surface area (Å²) < 4.78 is 13.8. The van der Waals surface area contributed by atoms with Gasteiger partial charge in [-0.3, -0.25) is 9.78 Å². The van der Waals surface area contributed by atoms with Crippen LogP contribution < -0.4 is 14.8 Å². The molecule has 2 aromatic heterocycles. The molecule has 0 radical (unpaired) electrons. The Kier molecular flexibility index (Phi) is 8.70. The van der Waals surface area contributed by atoms with Gasteiger partial charge in [0.2, 0.25) is 0 Å². The third-order valence-corrected chi connectivity index (χ3v) is 5.87. The second-order valence-electron chi connectivity index (χ2n) is 8.38. The number of hydrogen-bond donors (Lipinski definition) is 1. The molecule has 186 valence electrons. The van der Waals surface area contributed by atoms with Crippen molar-refractivity contribution < 1.29 is 14.3 Å². The lowest BCUT2D eigenvalue weighted by atomic mass is 10.2. The zero-order valence-electron chi connectivity index (χ0n) is 20.8. The molecule has 0 atom stereocenters. The molecule has 0 aliphatic carbocycles. The molecule has 2 heterocycles. The molecule has 36 heavy (non-hydrogen) atoms. The Morgan fingerprint density at radius 2 is 1.89 bits per heavy atom. The molecule has 0 saturated heterocycles. The maximum atomic E-state index is 12.3. The van der Waals surface area contributed by atoms with Gasteiger partial charge in [0.25, 0.3) is 5.91 Å². The van der Waals surface area contributed by atoms with Crippen molar-refractivity contribution in [3.8, 4) is 11.5 Å². The van der Waals surface area contributed by atoms with Crippen molar-refractivity contribution in [2.24, 2.45) is 0 Å². The minimum atomic E-state index is -0.0859. The summed E-state index contributed by atoms with van der Waals surface area (Å²) >= 11 is 0. The number of fused-ring (bicyclic) bond motifs is 1. The molecule has 7 nitrogen and oxygen atoms in total. The zero-order chi connectivity index (χ0) is 25.2. The first-order chi connectivity index (χ1) is 17.7. The predicted octanol–water partition coefficient (Wildman–Crippen LogP) is 5.30. The number of benzene rings is 2. The first-order valence-electron chi connectivity index (χ1n) is 12.3. The zero-order valence-corrected chi connectivity index (χ0v) is 20.8. The molecule has 0 fully saturated rings. The minimum Gasteiger partial charge on any atom is -0.493 e. The lowest BCUT2D eigenvalue weighted by molar-refractivity contribution is 0.0953. The normalized spacial score (nSPS) is 11.2. The van der Waals surface area contributed by atoms with Gasteiger partial charge in [-0.25, -0.2) is 4.98 Å². The standard InChI is InChI=1S/C29H32N4O3/c1-3-8-22-12-13-26(27(21-22)35-2)36-20-7-19-33-25-10-5-4-9-24(25)32-28(33)11-6-16-31-29(34)23-14-17-30-18-15-23/h3-5,8-10,12-15,17-18,21H,6-7,11,16,19-20H2,1-2H3,(H,31,34)/b8-3+. The number of rotatable bonds is 12. The number of carbonyl (C=O) groups is 1.